The Morgan fingerprint density at radius 3 is 2.17 bits per heavy atom. The molecule has 0 heterocycles. The van der Waals surface area contributed by atoms with Crippen molar-refractivity contribution in [2.24, 2.45) is 5.73 Å². The molecule has 0 fully saturated rings. The van der Waals surface area contributed by atoms with Crippen LogP contribution in [0.5, 0.6) is 0 Å². The molecule has 1 atom stereocenters. The summed E-state index contributed by atoms with van der Waals surface area (Å²) in [4.78, 5) is 20.8. The highest BCUT2D eigenvalue weighted by Gasteiger charge is 2.21. The highest BCUT2D eigenvalue weighted by atomic mass is 16.7. The fraction of sp³-hybridized carbons (Fsp3) is 0.708. The van der Waals surface area contributed by atoms with Crippen LogP contribution in [0.25, 0.3) is 0 Å². The summed E-state index contributed by atoms with van der Waals surface area (Å²) in [5.74, 6) is -0.0948. The van der Waals surface area contributed by atoms with Gasteiger partial charge in [0.25, 0.3) is 5.91 Å². The van der Waals surface area contributed by atoms with E-state index in [-0.39, 0.29) is 5.91 Å². The second kappa shape index (κ2) is 16.4. The van der Waals surface area contributed by atoms with Crippen molar-refractivity contribution >= 4 is 5.91 Å². The van der Waals surface area contributed by atoms with Crippen molar-refractivity contribution in [2.75, 3.05) is 27.2 Å². The lowest BCUT2D eigenvalue weighted by atomic mass is 10.0. The summed E-state index contributed by atoms with van der Waals surface area (Å²) in [6.45, 7) is 4.10. The summed E-state index contributed by atoms with van der Waals surface area (Å²) in [5.41, 5.74) is 7.27. The van der Waals surface area contributed by atoms with Crippen LogP contribution in [0, 0.1) is 0 Å². The van der Waals surface area contributed by atoms with Crippen molar-refractivity contribution in [3.8, 4) is 0 Å². The number of rotatable bonds is 17. The van der Waals surface area contributed by atoms with Gasteiger partial charge in [0.1, 0.15) is 6.61 Å². The van der Waals surface area contributed by atoms with Gasteiger partial charge in [-0.2, -0.15) is 0 Å². The summed E-state index contributed by atoms with van der Waals surface area (Å²) < 4.78 is 0. The van der Waals surface area contributed by atoms with Gasteiger partial charge in [-0.25, -0.2) is 5.06 Å². The number of hydrogen-bond donors (Lipinski definition) is 1. The molecule has 0 bridgehead atoms. The van der Waals surface area contributed by atoms with E-state index >= 15 is 0 Å². The minimum absolute atomic E-state index is 0.0948. The molecule has 0 aliphatic rings. The average molecular weight is 406 g/mol. The zero-order valence-electron chi connectivity index (χ0n) is 18.9. The van der Waals surface area contributed by atoms with E-state index in [4.69, 9.17) is 10.6 Å². The smallest absolute Gasteiger partial charge is 0.263 e. The van der Waals surface area contributed by atoms with Crippen LogP contribution >= 0.6 is 0 Å². The Labute approximate surface area is 178 Å². The van der Waals surface area contributed by atoms with Crippen LogP contribution in [0.2, 0.25) is 0 Å². The van der Waals surface area contributed by atoms with Crippen LogP contribution in [0.15, 0.2) is 30.3 Å². The van der Waals surface area contributed by atoms with Gasteiger partial charge in [-0.1, -0.05) is 88.6 Å². The molecule has 1 rings (SSSR count). The zero-order valence-corrected chi connectivity index (χ0v) is 18.9. The lowest BCUT2D eigenvalue weighted by Crippen LogP contribution is -2.44. The van der Waals surface area contributed by atoms with Crippen molar-refractivity contribution in [1.82, 2.24) is 9.96 Å². The van der Waals surface area contributed by atoms with Gasteiger partial charge in [0.05, 0.1) is 6.04 Å². The minimum atomic E-state index is -0.481. The maximum absolute atomic E-state index is 12.8. The number of nitrogens with two attached hydrogens (primary N) is 1. The molecule has 166 valence electrons. The molecule has 1 aromatic rings. The Hall–Kier alpha value is -1.43. The van der Waals surface area contributed by atoms with Gasteiger partial charge < -0.3 is 10.6 Å². The predicted octanol–water partition coefficient (Wildman–Crippen LogP) is 4.76. The molecule has 2 N–H and O–H groups in total. The van der Waals surface area contributed by atoms with Crippen LogP contribution in [0.4, 0.5) is 0 Å². The molecule has 0 spiro atoms. The summed E-state index contributed by atoms with van der Waals surface area (Å²) >= 11 is 0. The summed E-state index contributed by atoms with van der Waals surface area (Å²) in [6, 6.07) is 9.45. The molecule has 29 heavy (non-hydrogen) atoms. The van der Waals surface area contributed by atoms with Crippen molar-refractivity contribution in [2.45, 2.75) is 83.8 Å². The lowest BCUT2D eigenvalue weighted by molar-refractivity contribution is -0.193. The number of carbonyl (C=O) groups is 1. The van der Waals surface area contributed by atoms with E-state index in [1.807, 2.05) is 44.4 Å². The van der Waals surface area contributed by atoms with Crippen molar-refractivity contribution in [3.05, 3.63) is 35.9 Å². The largest absolute Gasteiger partial charge is 0.320 e. The molecule has 0 aromatic heterocycles. The molecule has 0 saturated carbocycles. The number of carbonyl (C=O) groups excluding carboxylic acids is 1. The van der Waals surface area contributed by atoms with E-state index in [1.165, 1.54) is 43.6 Å². The van der Waals surface area contributed by atoms with Gasteiger partial charge in [0.2, 0.25) is 0 Å². The second-order valence-electron chi connectivity index (χ2n) is 8.23. The zero-order chi connectivity index (χ0) is 21.3. The van der Waals surface area contributed by atoms with Crippen LogP contribution in [-0.4, -0.2) is 49.1 Å². The SMILES string of the molecule is CCCCCCCCCCC(N)C(=O)N(CCCN(C)C)OCc1ccccc1. The number of nitrogens with zero attached hydrogens (tertiary/aromatic N) is 2. The monoisotopic (exact) mass is 405 g/mol. The Bertz CT molecular complexity index is 522. The van der Waals surface area contributed by atoms with Gasteiger partial charge in [-0.05, 0) is 39.0 Å². The molecule has 5 heteroatoms. The summed E-state index contributed by atoms with van der Waals surface area (Å²) in [5, 5.41) is 1.49. The first-order valence-electron chi connectivity index (χ1n) is 11.4. The fourth-order valence-corrected chi connectivity index (χ4v) is 3.30. The minimum Gasteiger partial charge on any atom is -0.320 e. The van der Waals surface area contributed by atoms with E-state index in [2.05, 4.69) is 11.8 Å². The van der Waals surface area contributed by atoms with Crippen LogP contribution in [0.3, 0.4) is 0 Å². The molecule has 0 aliphatic heterocycles. The molecule has 1 amide bonds. The highest BCUT2D eigenvalue weighted by molar-refractivity contribution is 5.80. The predicted molar refractivity (Wildman–Crippen MR) is 121 cm³/mol. The van der Waals surface area contributed by atoms with E-state index in [0.717, 1.165) is 37.8 Å². The van der Waals surface area contributed by atoms with E-state index in [9.17, 15) is 4.79 Å². The normalized spacial score (nSPS) is 12.3. The van der Waals surface area contributed by atoms with Crippen LogP contribution < -0.4 is 5.73 Å². The number of benzene rings is 1. The van der Waals surface area contributed by atoms with Gasteiger partial charge in [0, 0.05) is 6.54 Å². The Balaban J connectivity index is 2.38. The molecule has 0 saturated heterocycles. The number of amides is 1. The highest BCUT2D eigenvalue weighted by Crippen LogP contribution is 2.12. The summed E-state index contributed by atoms with van der Waals surface area (Å²) in [7, 11) is 4.07. The van der Waals surface area contributed by atoms with Gasteiger partial charge in [0.15, 0.2) is 0 Å². The fourth-order valence-electron chi connectivity index (χ4n) is 3.30. The second-order valence-corrected chi connectivity index (χ2v) is 8.23. The molecule has 0 radical (unpaired) electrons. The van der Waals surface area contributed by atoms with Crippen LogP contribution in [0.1, 0.15) is 76.7 Å². The Kier molecular flexibility index (Phi) is 14.5. The van der Waals surface area contributed by atoms with E-state index in [0.29, 0.717) is 13.2 Å². The van der Waals surface area contributed by atoms with Gasteiger partial charge in [-0.15, -0.1) is 0 Å². The third kappa shape index (κ3) is 12.7. The third-order valence-corrected chi connectivity index (χ3v) is 5.13. The quantitative estimate of drug-likeness (QED) is 0.300. The van der Waals surface area contributed by atoms with E-state index in [1.54, 1.807) is 0 Å². The number of hydroxylamine groups is 2. The molecular weight excluding hydrogens is 362 g/mol. The first-order chi connectivity index (χ1) is 14.0. The third-order valence-electron chi connectivity index (χ3n) is 5.13. The molecule has 1 unspecified atom stereocenters. The van der Waals surface area contributed by atoms with E-state index < -0.39 is 6.04 Å². The Morgan fingerprint density at radius 1 is 0.931 bits per heavy atom. The van der Waals surface area contributed by atoms with Crippen molar-refractivity contribution in [3.63, 3.8) is 0 Å². The molecule has 5 nitrogen and oxygen atoms in total. The first kappa shape index (κ1) is 25.6. The molecular formula is C24H43N3O2. The van der Waals surface area contributed by atoms with Crippen molar-refractivity contribution < 1.29 is 9.63 Å². The molecule has 1 aromatic carbocycles. The molecule has 0 aliphatic carbocycles. The van der Waals surface area contributed by atoms with Gasteiger partial charge >= 0.3 is 0 Å². The van der Waals surface area contributed by atoms with Crippen molar-refractivity contribution in [1.29, 1.82) is 0 Å². The first-order valence-corrected chi connectivity index (χ1v) is 11.4. The summed E-state index contributed by atoms with van der Waals surface area (Å²) in [6.07, 6.45) is 11.6. The maximum atomic E-state index is 12.8. The Morgan fingerprint density at radius 2 is 1.55 bits per heavy atom. The van der Waals surface area contributed by atoms with Crippen LogP contribution in [-0.2, 0) is 16.2 Å². The average Bonchev–Trinajstić information content (AvgIpc) is 2.72. The lowest BCUT2D eigenvalue weighted by Gasteiger charge is -2.25. The van der Waals surface area contributed by atoms with Gasteiger partial charge in [-0.3, -0.25) is 9.63 Å². The standard InChI is InChI=1S/C24H43N3O2/c1-4-5-6-7-8-9-10-14-18-23(25)24(28)27(20-15-19-26(2)3)29-21-22-16-12-11-13-17-22/h11-13,16-17,23H,4-10,14-15,18-21,25H2,1-3H3. The number of unbranched alkanes of at least 4 members (excludes halogenated alkanes) is 7. The topological polar surface area (TPSA) is 58.8 Å². The maximum Gasteiger partial charge on any atom is 0.263 e. The number of hydrogen-bond acceptors (Lipinski definition) is 4.